The van der Waals surface area contributed by atoms with E-state index in [-0.39, 0.29) is 29.8 Å². The van der Waals surface area contributed by atoms with E-state index in [4.69, 9.17) is 9.47 Å². The number of esters is 1. The van der Waals surface area contributed by atoms with Crippen molar-refractivity contribution in [2.24, 2.45) is 11.8 Å². The quantitative estimate of drug-likeness (QED) is 0.391. The van der Waals surface area contributed by atoms with Gasteiger partial charge in [0.2, 0.25) is 0 Å². The predicted octanol–water partition coefficient (Wildman–Crippen LogP) is 5.83. The van der Waals surface area contributed by atoms with Crippen molar-refractivity contribution in [3.63, 3.8) is 0 Å². The Balaban J connectivity index is 1.86. The van der Waals surface area contributed by atoms with Crippen LogP contribution in [0.4, 0.5) is 4.79 Å². The second-order valence-electron chi connectivity index (χ2n) is 10.8. The summed E-state index contributed by atoms with van der Waals surface area (Å²) < 4.78 is 11.5. The van der Waals surface area contributed by atoms with Crippen LogP contribution < -0.4 is 0 Å². The first-order valence-electron chi connectivity index (χ1n) is 11.3. The fraction of sp³-hybridized carbons (Fsp3) is 0.680. The van der Waals surface area contributed by atoms with E-state index < -0.39 is 11.2 Å². The average Bonchev–Trinajstić information content (AvgIpc) is 3.27. The maximum atomic E-state index is 13.4. The maximum Gasteiger partial charge on any atom is 0.410 e. The predicted molar refractivity (Wildman–Crippen MR) is 125 cm³/mol. The molecule has 1 aromatic rings. The summed E-state index contributed by atoms with van der Waals surface area (Å²) in [5, 5.41) is 0.815. The first kappa shape index (κ1) is 24.1. The van der Waals surface area contributed by atoms with Crippen molar-refractivity contribution < 1.29 is 19.1 Å². The van der Waals surface area contributed by atoms with Crippen molar-refractivity contribution in [3.05, 3.63) is 34.9 Å². The Kier molecular flexibility index (Phi) is 7.09. The summed E-state index contributed by atoms with van der Waals surface area (Å²) in [6.45, 7) is 12.5. The fourth-order valence-electron chi connectivity index (χ4n) is 4.89. The van der Waals surface area contributed by atoms with E-state index in [1.807, 2.05) is 41.5 Å². The van der Waals surface area contributed by atoms with E-state index in [2.05, 4.69) is 34.1 Å². The van der Waals surface area contributed by atoms with Gasteiger partial charge in [-0.05, 0) is 89.3 Å². The van der Waals surface area contributed by atoms with Gasteiger partial charge >= 0.3 is 12.1 Å². The Bertz CT molecular complexity index is 824. The Labute approximate surface area is 195 Å². The van der Waals surface area contributed by atoms with Gasteiger partial charge < -0.3 is 14.4 Å². The number of rotatable bonds is 4. The SMILES string of the molecule is CC(C)(C)OC(=O)C(C1CCc2c(CBr)cccc21)[C@H]1CCN(C(=O)OC(C)(C)C)C1. The number of hydrogen-bond donors (Lipinski definition) is 0. The molecule has 1 fully saturated rings. The lowest BCUT2D eigenvalue weighted by molar-refractivity contribution is -0.163. The number of carbonyl (C=O) groups is 2. The van der Waals surface area contributed by atoms with Crippen LogP contribution in [0.2, 0.25) is 0 Å². The van der Waals surface area contributed by atoms with Crippen LogP contribution in [0.5, 0.6) is 0 Å². The van der Waals surface area contributed by atoms with Crippen LogP contribution in [0.3, 0.4) is 0 Å². The molecule has 0 bridgehead atoms. The van der Waals surface area contributed by atoms with Gasteiger partial charge in [-0.2, -0.15) is 0 Å². The Morgan fingerprint density at radius 1 is 1.10 bits per heavy atom. The number of amides is 1. The molecule has 172 valence electrons. The van der Waals surface area contributed by atoms with E-state index in [0.29, 0.717) is 13.1 Å². The van der Waals surface area contributed by atoms with Gasteiger partial charge in [0.1, 0.15) is 11.2 Å². The van der Waals surface area contributed by atoms with E-state index in [9.17, 15) is 9.59 Å². The molecule has 0 N–H and O–H groups in total. The summed E-state index contributed by atoms with van der Waals surface area (Å²) in [4.78, 5) is 27.8. The van der Waals surface area contributed by atoms with Crippen molar-refractivity contribution in [2.75, 3.05) is 13.1 Å². The molecule has 6 heteroatoms. The molecule has 1 saturated heterocycles. The highest BCUT2D eigenvalue weighted by molar-refractivity contribution is 9.08. The monoisotopic (exact) mass is 493 g/mol. The van der Waals surface area contributed by atoms with Gasteiger partial charge in [0, 0.05) is 18.4 Å². The van der Waals surface area contributed by atoms with Gasteiger partial charge in [0.25, 0.3) is 0 Å². The zero-order chi connectivity index (χ0) is 23.0. The smallest absolute Gasteiger partial charge is 0.410 e. The minimum atomic E-state index is -0.544. The third-order valence-corrected chi connectivity index (χ3v) is 6.66. The van der Waals surface area contributed by atoms with Crippen LogP contribution >= 0.6 is 15.9 Å². The molecule has 1 amide bonds. The summed E-state index contributed by atoms with van der Waals surface area (Å²) in [6.07, 6.45) is 2.40. The Morgan fingerprint density at radius 3 is 2.39 bits per heavy atom. The number of nitrogens with zero attached hydrogens (tertiary/aromatic N) is 1. The van der Waals surface area contributed by atoms with E-state index in [1.54, 1.807) is 4.90 Å². The molecule has 0 saturated carbocycles. The second-order valence-corrected chi connectivity index (χ2v) is 11.4. The van der Waals surface area contributed by atoms with Crippen molar-refractivity contribution in [2.45, 2.75) is 83.3 Å². The average molecular weight is 494 g/mol. The lowest BCUT2D eigenvalue weighted by Gasteiger charge is -2.31. The van der Waals surface area contributed by atoms with E-state index in [0.717, 1.165) is 24.6 Å². The molecule has 1 heterocycles. The third kappa shape index (κ3) is 5.82. The molecule has 0 aromatic heterocycles. The van der Waals surface area contributed by atoms with Crippen molar-refractivity contribution in [1.29, 1.82) is 0 Å². The number of ether oxygens (including phenoxy) is 2. The molecule has 0 radical (unpaired) electrons. The normalized spacial score (nSPS) is 22.2. The van der Waals surface area contributed by atoms with Crippen LogP contribution in [0, 0.1) is 11.8 Å². The standard InChI is InChI=1S/C25H36BrNO4/c1-24(2,3)30-22(28)21(17-12-13-27(15-17)23(29)31-25(4,5)6)20-11-10-18-16(14-26)8-7-9-19(18)20/h7-9,17,20-21H,10-15H2,1-6H3/t17-,20?,21?/m0/s1. The van der Waals surface area contributed by atoms with E-state index in [1.165, 1.54) is 16.7 Å². The molecule has 0 spiro atoms. The summed E-state index contributed by atoms with van der Waals surface area (Å²) in [5.74, 6) is -0.234. The summed E-state index contributed by atoms with van der Waals surface area (Å²) >= 11 is 3.60. The van der Waals surface area contributed by atoms with Crippen LogP contribution in [-0.2, 0) is 26.0 Å². The number of halogens is 1. The van der Waals surface area contributed by atoms with Gasteiger partial charge in [-0.15, -0.1) is 0 Å². The molecule has 3 rings (SSSR count). The molecule has 3 atom stereocenters. The molecule has 2 unspecified atom stereocenters. The number of likely N-dealkylation sites (tertiary alicyclic amines) is 1. The molecular formula is C25H36BrNO4. The minimum absolute atomic E-state index is 0.0611. The minimum Gasteiger partial charge on any atom is -0.460 e. The van der Waals surface area contributed by atoms with Crippen molar-refractivity contribution in [1.82, 2.24) is 4.90 Å². The molecule has 1 aromatic carbocycles. The van der Waals surface area contributed by atoms with Gasteiger partial charge in [-0.25, -0.2) is 4.79 Å². The third-order valence-electron chi connectivity index (χ3n) is 6.05. The molecule has 1 aliphatic heterocycles. The van der Waals surface area contributed by atoms with Gasteiger partial charge in [0.15, 0.2) is 0 Å². The molecular weight excluding hydrogens is 458 g/mol. The highest BCUT2D eigenvalue weighted by Crippen LogP contribution is 2.45. The first-order chi connectivity index (χ1) is 14.4. The molecule has 1 aliphatic carbocycles. The van der Waals surface area contributed by atoms with Crippen LogP contribution in [0.15, 0.2) is 18.2 Å². The van der Waals surface area contributed by atoms with Gasteiger partial charge in [0.05, 0.1) is 5.92 Å². The highest BCUT2D eigenvalue weighted by Gasteiger charge is 2.45. The molecule has 31 heavy (non-hydrogen) atoms. The largest absolute Gasteiger partial charge is 0.460 e. The number of alkyl halides is 1. The Morgan fingerprint density at radius 2 is 1.77 bits per heavy atom. The van der Waals surface area contributed by atoms with Gasteiger partial charge in [-0.1, -0.05) is 34.1 Å². The highest BCUT2D eigenvalue weighted by atomic mass is 79.9. The zero-order valence-electron chi connectivity index (χ0n) is 19.7. The number of benzene rings is 1. The number of fused-ring (bicyclic) bond motifs is 1. The van der Waals surface area contributed by atoms with Crippen LogP contribution in [0.1, 0.15) is 77.0 Å². The van der Waals surface area contributed by atoms with Crippen molar-refractivity contribution in [3.8, 4) is 0 Å². The Hall–Kier alpha value is -1.56. The molecule has 5 nitrogen and oxygen atoms in total. The zero-order valence-corrected chi connectivity index (χ0v) is 21.3. The fourth-order valence-corrected chi connectivity index (χ4v) is 5.41. The number of carbonyl (C=O) groups excluding carboxylic acids is 2. The van der Waals surface area contributed by atoms with Gasteiger partial charge in [-0.3, -0.25) is 4.79 Å². The maximum absolute atomic E-state index is 13.4. The summed E-state index contributed by atoms with van der Waals surface area (Å²) in [5.41, 5.74) is 2.85. The lowest BCUT2D eigenvalue weighted by Crippen LogP contribution is -2.39. The van der Waals surface area contributed by atoms with Crippen molar-refractivity contribution >= 4 is 28.0 Å². The van der Waals surface area contributed by atoms with E-state index >= 15 is 0 Å². The topological polar surface area (TPSA) is 55.8 Å². The number of hydrogen-bond acceptors (Lipinski definition) is 4. The molecule has 2 aliphatic rings. The van der Waals surface area contributed by atoms with Crippen LogP contribution in [-0.4, -0.2) is 41.3 Å². The van der Waals surface area contributed by atoms with Crippen LogP contribution in [0.25, 0.3) is 0 Å². The summed E-state index contributed by atoms with van der Waals surface area (Å²) in [7, 11) is 0. The lowest BCUT2D eigenvalue weighted by atomic mass is 9.77. The first-order valence-corrected chi connectivity index (χ1v) is 12.4. The summed E-state index contributed by atoms with van der Waals surface area (Å²) in [6, 6.07) is 6.40. The second kappa shape index (κ2) is 9.13.